The highest BCUT2D eigenvalue weighted by atomic mass is 19.1. The summed E-state index contributed by atoms with van der Waals surface area (Å²) in [6.07, 6.45) is 1.27. The van der Waals surface area contributed by atoms with E-state index in [1.165, 1.54) is 12.1 Å². The number of ether oxygens (including phenoxy) is 2. The number of rotatable bonds is 3. The fraction of sp³-hybridized carbons (Fsp3) is 0.364. The molecule has 4 rings (SSSR count). The lowest BCUT2D eigenvalue weighted by Crippen LogP contribution is -2.59. The van der Waals surface area contributed by atoms with Crippen molar-refractivity contribution < 1.29 is 23.5 Å². The average molecular weight is 398 g/mol. The summed E-state index contributed by atoms with van der Waals surface area (Å²) >= 11 is 0. The minimum Gasteiger partial charge on any atom is -0.497 e. The number of carbonyl (C=O) groups is 2. The Morgan fingerprint density at radius 3 is 2.55 bits per heavy atom. The lowest BCUT2D eigenvalue weighted by atomic mass is 9.88. The van der Waals surface area contributed by atoms with E-state index in [1.807, 2.05) is 4.90 Å². The molecule has 29 heavy (non-hydrogen) atoms. The highest BCUT2D eigenvalue weighted by Crippen LogP contribution is 2.33. The summed E-state index contributed by atoms with van der Waals surface area (Å²) in [6, 6.07) is 13.0. The van der Waals surface area contributed by atoms with Crippen molar-refractivity contribution in [3.8, 4) is 5.75 Å². The maximum atomic E-state index is 13.2. The van der Waals surface area contributed by atoms with Gasteiger partial charge < -0.3 is 19.3 Å². The van der Waals surface area contributed by atoms with Crippen LogP contribution in [0.1, 0.15) is 23.2 Å². The molecular formula is C22H23FN2O4. The fourth-order valence-corrected chi connectivity index (χ4v) is 3.93. The third-order valence-electron chi connectivity index (χ3n) is 5.67. The van der Waals surface area contributed by atoms with Crippen LogP contribution in [-0.4, -0.2) is 55.7 Å². The van der Waals surface area contributed by atoms with E-state index in [2.05, 4.69) is 0 Å². The van der Waals surface area contributed by atoms with E-state index < -0.39 is 5.60 Å². The van der Waals surface area contributed by atoms with Gasteiger partial charge in [0.15, 0.2) is 0 Å². The summed E-state index contributed by atoms with van der Waals surface area (Å²) in [5, 5.41) is 0. The summed E-state index contributed by atoms with van der Waals surface area (Å²) in [4.78, 5) is 28.7. The zero-order valence-electron chi connectivity index (χ0n) is 16.3. The van der Waals surface area contributed by atoms with E-state index in [9.17, 15) is 14.0 Å². The monoisotopic (exact) mass is 398 g/mol. The van der Waals surface area contributed by atoms with Gasteiger partial charge in [-0.3, -0.25) is 9.59 Å². The topological polar surface area (TPSA) is 59.1 Å². The van der Waals surface area contributed by atoms with Crippen molar-refractivity contribution in [3.05, 3.63) is 59.9 Å². The minimum absolute atomic E-state index is 0.0127. The van der Waals surface area contributed by atoms with Crippen LogP contribution in [0.15, 0.2) is 48.5 Å². The molecule has 6 nitrogen and oxygen atoms in total. The van der Waals surface area contributed by atoms with Crippen molar-refractivity contribution in [3.63, 3.8) is 0 Å². The third kappa shape index (κ3) is 3.96. The van der Waals surface area contributed by atoms with Gasteiger partial charge in [0, 0.05) is 24.3 Å². The van der Waals surface area contributed by atoms with Crippen LogP contribution in [0.5, 0.6) is 5.75 Å². The first-order chi connectivity index (χ1) is 14.0. The van der Waals surface area contributed by atoms with Crippen molar-refractivity contribution in [2.24, 2.45) is 0 Å². The number of likely N-dealkylation sites (tertiary alicyclic amines) is 1. The Labute approximate surface area is 168 Å². The number of nitrogens with zero attached hydrogens (tertiary/aromatic N) is 2. The zero-order chi connectivity index (χ0) is 20.4. The number of benzene rings is 2. The molecule has 0 radical (unpaired) electrons. The van der Waals surface area contributed by atoms with Crippen LogP contribution in [0.3, 0.4) is 0 Å². The quantitative estimate of drug-likeness (QED) is 0.798. The van der Waals surface area contributed by atoms with E-state index in [1.54, 1.807) is 48.4 Å². The Balaban J connectivity index is 1.44. The summed E-state index contributed by atoms with van der Waals surface area (Å²) < 4.78 is 24.4. The van der Waals surface area contributed by atoms with E-state index in [0.29, 0.717) is 49.5 Å². The summed E-state index contributed by atoms with van der Waals surface area (Å²) in [6.45, 7) is 1.48. The molecule has 2 fully saturated rings. The van der Waals surface area contributed by atoms with Crippen LogP contribution >= 0.6 is 0 Å². The van der Waals surface area contributed by atoms with Crippen LogP contribution in [-0.2, 0) is 9.53 Å². The van der Waals surface area contributed by atoms with Gasteiger partial charge in [0.2, 0.25) is 0 Å². The number of morpholine rings is 1. The highest BCUT2D eigenvalue weighted by molar-refractivity contribution is 5.96. The molecule has 0 N–H and O–H groups in total. The second kappa shape index (κ2) is 7.83. The van der Waals surface area contributed by atoms with Gasteiger partial charge in [-0.15, -0.1) is 0 Å². The second-order valence-electron chi connectivity index (χ2n) is 7.45. The van der Waals surface area contributed by atoms with E-state index >= 15 is 0 Å². The molecule has 2 aromatic rings. The Kier molecular flexibility index (Phi) is 5.24. The smallest absolute Gasteiger partial charge is 0.253 e. The number of methoxy groups -OCH3 is 1. The molecule has 0 atom stereocenters. The van der Waals surface area contributed by atoms with E-state index in [0.717, 1.165) is 0 Å². The summed E-state index contributed by atoms with van der Waals surface area (Å²) in [5.74, 6) is 0.125. The Morgan fingerprint density at radius 1 is 1.14 bits per heavy atom. The van der Waals surface area contributed by atoms with Gasteiger partial charge in [0.05, 0.1) is 19.3 Å². The molecular weight excluding hydrogens is 375 g/mol. The predicted molar refractivity (Wildman–Crippen MR) is 106 cm³/mol. The van der Waals surface area contributed by atoms with Crippen molar-refractivity contribution in [2.75, 3.05) is 38.3 Å². The van der Waals surface area contributed by atoms with Gasteiger partial charge in [0.25, 0.3) is 11.8 Å². The normalized spacial score (nSPS) is 18.8. The van der Waals surface area contributed by atoms with Crippen LogP contribution in [0.25, 0.3) is 0 Å². The number of halogens is 1. The molecule has 2 aromatic carbocycles. The molecule has 2 heterocycles. The Bertz CT molecular complexity index is 907. The van der Waals surface area contributed by atoms with E-state index in [-0.39, 0.29) is 24.2 Å². The van der Waals surface area contributed by atoms with Gasteiger partial charge in [-0.05, 0) is 55.3 Å². The van der Waals surface area contributed by atoms with Gasteiger partial charge >= 0.3 is 0 Å². The van der Waals surface area contributed by atoms with Crippen LogP contribution < -0.4 is 9.64 Å². The SMILES string of the molecule is COc1cccc(C(=O)N2CCC3(CC2)CN(c2ccc(F)cc2)C(=O)CO3)c1. The lowest BCUT2D eigenvalue weighted by Gasteiger charge is -2.47. The summed E-state index contributed by atoms with van der Waals surface area (Å²) in [7, 11) is 1.57. The first-order valence-electron chi connectivity index (χ1n) is 9.63. The average Bonchev–Trinajstić information content (AvgIpc) is 2.76. The Hall–Kier alpha value is -2.93. The predicted octanol–water partition coefficient (Wildman–Crippen LogP) is 2.87. The van der Waals surface area contributed by atoms with Crippen LogP contribution in [0.2, 0.25) is 0 Å². The number of hydrogen-bond donors (Lipinski definition) is 0. The molecule has 152 valence electrons. The largest absolute Gasteiger partial charge is 0.497 e. The van der Waals surface area contributed by atoms with Crippen molar-refractivity contribution in [2.45, 2.75) is 18.4 Å². The molecule has 2 aliphatic heterocycles. The molecule has 0 aliphatic carbocycles. The number of hydrogen-bond acceptors (Lipinski definition) is 4. The highest BCUT2D eigenvalue weighted by Gasteiger charge is 2.43. The van der Waals surface area contributed by atoms with E-state index in [4.69, 9.17) is 9.47 Å². The molecule has 2 amide bonds. The molecule has 0 bridgehead atoms. The van der Waals surface area contributed by atoms with Gasteiger partial charge in [-0.2, -0.15) is 0 Å². The lowest BCUT2D eigenvalue weighted by molar-refractivity contribution is -0.143. The van der Waals surface area contributed by atoms with Crippen LogP contribution in [0, 0.1) is 5.82 Å². The van der Waals surface area contributed by atoms with Crippen molar-refractivity contribution in [1.29, 1.82) is 0 Å². The second-order valence-corrected chi connectivity index (χ2v) is 7.45. The molecule has 1 spiro atoms. The number of amides is 2. The van der Waals surface area contributed by atoms with Crippen LogP contribution in [0.4, 0.5) is 10.1 Å². The zero-order valence-corrected chi connectivity index (χ0v) is 16.3. The van der Waals surface area contributed by atoms with Crippen molar-refractivity contribution >= 4 is 17.5 Å². The maximum Gasteiger partial charge on any atom is 0.253 e. The first kappa shape index (κ1) is 19.4. The number of anilines is 1. The molecule has 2 saturated heterocycles. The molecule has 7 heteroatoms. The molecule has 0 aromatic heterocycles. The minimum atomic E-state index is -0.493. The third-order valence-corrected chi connectivity index (χ3v) is 5.67. The fourth-order valence-electron chi connectivity index (χ4n) is 3.93. The summed E-state index contributed by atoms with van der Waals surface area (Å²) in [5.41, 5.74) is 0.759. The van der Waals surface area contributed by atoms with Crippen molar-refractivity contribution in [1.82, 2.24) is 4.90 Å². The number of piperidine rings is 1. The molecule has 0 unspecified atom stereocenters. The van der Waals surface area contributed by atoms with Gasteiger partial charge in [-0.1, -0.05) is 6.07 Å². The Morgan fingerprint density at radius 2 is 1.86 bits per heavy atom. The maximum absolute atomic E-state index is 13.2. The number of carbonyl (C=O) groups excluding carboxylic acids is 2. The van der Waals surface area contributed by atoms with Gasteiger partial charge in [-0.25, -0.2) is 4.39 Å². The molecule has 2 aliphatic rings. The van der Waals surface area contributed by atoms with Gasteiger partial charge in [0.1, 0.15) is 18.2 Å². The standard InChI is InChI=1S/C22H23FN2O4/c1-28-19-4-2-3-16(13-19)21(27)24-11-9-22(10-12-24)15-25(20(26)14-29-22)18-7-5-17(23)6-8-18/h2-8,13H,9-12,14-15H2,1H3. The molecule has 0 saturated carbocycles. The first-order valence-corrected chi connectivity index (χ1v) is 9.63.